The lowest BCUT2D eigenvalue weighted by Crippen LogP contribution is -2.30. The zero-order valence-corrected chi connectivity index (χ0v) is 22.9. The number of aromatic nitrogens is 2. The zero-order valence-electron chi connectivity index (χ0n) is 22.1. The van der Waals surface area contributed by atoms with Gasteiger partial charge in [-0.1, -0.05) is 81.4 Å². The SMILES string of the molecule is CCCn1nc(C(C)C)c(C(=O)O)c1Cc1ccc(-c2ccccc2S(=O)(=O)NC(=O)c2ccccc2)cc1. The minimum absolute atomic E-state index is 0.0159. The molecule has 202 valence electrons. The van der Waals surface area contributed by atoms with Gasteiger partial charge in [0, 0.05) is 24.1 Å². The van der Waals surface area contributed by atoms with Crippen LogP contribution in [0.5, 0.6) is 0 Å². The second kappa shape index (κ2) is 11.7. The molecule has 3 aromatic carbocycles. The largest absolute Gasteiger partial charge is 0.478 e. The monoisotopic (exact) mass is 545 g/mol. The van der Waals surface area contributed by atoms with Gasteiger partial charge in [0.1, 0.15) is 5.56 Å². The van der Waals surface area contributed by atoms with E-state index in [0.717, 1.165) is 12.0 Å². The molecule has 0 saturated heterocycles. The van der Waals surface area contributed by atoms with Crippen LogP contribution in [0, 0.1) is 0 Å². The first kappa shape index (κ1) is 27.8. The first-order valence-electron chi connectivity index (χ1n) is 12.8. The molecule has 0 aliphatic heterocycles. The third kappa shape index (κ3) is 6.09. The summed E-state index contributed by atoms with van der Waals surface area (Å²) < 4.78 is 30.3. The minimum Gasteiger partial charge on any atom is -0.478 e. The molecular formula is C30H31N3O5S. The fourth-order valence-electron chi connectivity index (χ4n) is 4.49. The maximum atomic E-state index is 13.2. The highest BCUT2D eigenvalue weighted by atomic mass is 32.2. The predicted octanol–water partition coefficient (Wildman–Crippen LogP) is 5.49. The van der Waals surface area contributed by atoms with E-state index in [0.29, 0.717) is 35.5 Å². The highest BCUT2D eigenvalue weighted by Crippen LogP contribution is 2.29. The van der Waals surface area contributed by atoms with Crippen molar-refractivity contribution in [2.45, 2.75) is 51.0 Å². The van der Waals surface area contributed by atoms with E-state index in [4.69, 9.17) is 0 Å². The van der Waals surface area contributed by atoms with Gasteiger partial charge in [0.2, 0.25) is 0 Å². The van der Waals surface area contributed by atoms with Crippen LogP contribution in [0.3, 0.4) is 0 Å². The molecule has 0 saturated carbocycles. The van der Waals surface area contributed by atoms with Crippen molar-refractivity contribution in [2.24, 2.45) is 0 Å². The van der Waals surface area contributed by atoms with Crippen molar-refractivity contribution in [1.82, 2.24) is 14.5 Å². The fourth-order valence-corrected chi connectivity index (χ4v) is 5.70. The topological polar surface area (TPSA) is 118 Å². The van der Waals surface area contributed by atoms with E-state index in [1.54, 1.807) is 65.3 Å². The summed E-state index contributed by atoms with van der Waals surface area (Å²) in [6.07, 6.45) is 1.19. The number of carbonyl (C=O) groups excluding carboxylic acids is 1. The van der Waals surface area contributed by atoms with Crippen LogP contribution in [-0.4, -0.2) is 35.2 Å². The molecule has 1 aromatic heterocycles. The Balaban J connectivity index is 1.64. The Morgan fingerprint density at radius 1 is 0.949 bits per heavy atom. The summed E-state index contributed by atoms with van der Waals surface area (Å²) in [6.45, 7) is 6.48. The van der Waals surface area contributed by atoms with Gasteiger partial charge in [-0.25, -0.2) is 17.9 Å². The summed E-state index contributed by atoms with van der Waals surface area (Å²) in [5, 5.41) is 14.6. The molecule has 0 spiro atoms. The van der Waals surface area contributed by atoms with Crippen LogP contribution >= 0.6 is 0 Å². The number of nitrogens with zero attached hydrogens (tertiary/aromatic N) is 2. The van der Waals surface area contributed by atoms with Crippen LogP contribution < -0.4 is 4.72 Å². The van der Waals surface area contributed by atoms with Gasteiger partial charge >= 0.3 is 5.97 Å². The number of rotatable bonds is 10. The molecule has 4 rings (SSSR count). The van der Waals surface area contributed by atoms with E-state index < -0.39 is 21.9 Å². The number of carboxylic acid groups (broad SMARTS) is 1. The summed E-state index contributed by atoms with van der Waals surface area (Å²) in [6, 6.07) is 21.9. The van der Waals surface area contributed by atoms with Crippen LogP contribution in [0.15, 0.2) is 83.8 Å². The van der Waals surface area contributed by atoms with E-state index in [1.807, 2.05) is 32.9 Å². The summed E-state index contributed by atoms with van der Waals surface area (Å²) >= 11 is 0. The molecule has 9 heteroatoms. The Bertz CT molecular complexity index is 1590. The molecule has 0 bridgehead atoms. The lowest BCUT2D eigenvalue weighted by molar-refractivity contribution is 0.0693. The van der Waals surface area contributed by atoms with Crippen molar-refractivity contribution in [1.29, 1.82) is 0 Å². The van der Waals surface area contributed by atoms with Gasteiger partial charge in [-0.15, -0.1) is 0 Å². The van der Waals surface area contributed by atoms with Gasteiger partial charge in [-0.3, -0.25) is 9.48 Å². The lowest BCUT2D eigenvalue weighted by atomic mass is 9.98. The van der Waals surface area contributed by atoms with Crippen molar-refractivity contribution < 1.29 is 23.1 Å². The smallest absolute Gasteiger partial charge is 0.339 e. The number of hydrogen-bond donors (Lipinski definition) is 2. The Labute approximate surface area is 228 Å². The lowest BCUT2D eigenvalue weighted by Gasteiger charge is -2.13. The Morgan fingerprint density at radius 2 is 1.59 bits per heavy atom. The van der Waals surface area contributed by atoms with Gasteiger partial charge in [0.25, 0.3) is 15.9 Å². The van der Waals surface area contributed by atoms with E-state index in [-0.39, 0.29) is 21.9 Å². The highest BCUT2D eigenvalue weighted by Gasteiger charge is 2.25. The normalized spacial score (nSPS) is 11.5. The number of aromatic carboxylic acids is 1. The van der Waals surface area contributed by atoms with Gasteiger partial charge in [0.15, 0.2) is 0 Å². The second-order valence-corrected chi connectivity index (χ2v) is 11.2. The first-order valence-corrected chi connectivity index (χ1v) is 14.2. The maximum absolute atomic E-state index is 13.2. The molecule has 0 unspecified atom stereocenters. The number of benzene rings is 3. The number of sulfonamides is 1. The molecular weight excluding hydrogens is 514 g/mol. The van der Waals surface area contributed by atoms with Crippen molar-refractivity contribution in [3.8, 4) is 11.1 Å². The number of amides is 1. The van der Waals surface area contributed by atoms with Crippen molar-refractivity contribution >= 4 is 21.9 Å². The van der Waals surface area contributed by atoms with Gasteiger partial charge in [-0.2, -0.15) is 5.10 Å². The molecule has 1 heterocycles. The number of carbonyl (C=O) groups is 2. The number of nitrogens with one attached hydrogen (secondary N) is 1. The third-order valence-corrected chi connectivity index (χ3v) is 7.75. The molecule has 0 aliphatic carbocycles. The van der Waals surface area contributed by atoms with Gasteiger partial charge in [-0.05, 0) is 41.7 Å². The predicted molar refractivity (Wildman–Crippen MR) is 149 cm³/mol. The molecule has 39 heavy (non-hydrogen) atoms. The van der Waals surface area contributed by atoms with Gasteiger partial charge < -0.3 is 5.11 Å². The molecule has 4 aromatic rings. The molecule has 1 amide bonds. The summed E-state index contributed by atoms with van der Waals surface area (Å²) in [5.74, 6) is -1.74. The maximum Gasteiger partial charge on any atom is 0.339 e. The van der Waals surface area contributed by atoms with E-state index >= 15 is 0 Å². The average molecular weight is 546 g/mol. The quantitative estimate of drug-likeness (QED) is 0.272. The Morgan fingerprint density at radius 3 is 2.21 bits per heavy atom. The molecule has 0 fully saturated rings. The molecule has 0 radical (unpaired) electrons. The summed E-state index contributed by atoms with van der Waals surface area (Å²) in [4.78, 5) is 24.7. The minimum atomic E-state index is -4.15. The number of aryl methyl sites for hydroxylation is 1. The fraction of sp³-hybridized carbons (Fsp3) is 0.233. The van der Waals surface area contributed by atoms with E-state index in [1.165, 1.54) is 6.07 Å². The molecule has 0 aliphatic rings. The highest BCUT2D eigenvalue weighted by molar-refractivity contribution is 7.90. The zero-order chi connectivity index (χ0) is 28.2. The third-order valence-electron chi connectivity index (χ3n) is 6.36. The number of carboxylic acids is 1. The van der Waals surface area contributed by atoms with Crippen LogP contribution in [0.1, 0.15) is 70.8 Å². The van der Waals surface area contributed by atoms with Crippen LogP contribution in [-0.2, 0) is 23.0 Å². The summed E-state index contributed by atoms with van der Waals surface area (Å²) in [5.41, 5.74) is 3.66. The average Bonchev–Trinajstić information content (AvgIpc) is 3.28. The van der Waals surface area contributed by atoms with E-state index in [9.17, 15) is 23.1 Å². The van der Waals surface area contributed by atoms with Crippen LogP contribution in [0.4, 0.5) is 0 Å². The van der Waals surface area contributed by atoms with Crippen molar-refractivity contribution in [2.75, 3.05) is 0 Å². The Hall–Kier alpha value is -4.24. The van der Waals surface area contributed by atoms with Crippen LogP contribution in [0.2, 0.25) is 0 Å². The van der Waals surface area contributed by atoms with Crippen molar-refractivity contribution in [3.05, 3.63) is 107 Å². The molecule has 8 nitrogen and oxygen atoms in total. The van der Waals surface area contributed by atoms with Crippen molar-refractivity contribution in [3.63, 3.8) is 0 Å². The van der Waals surface area contributed by atoms with E-state index in [2.05, 4.69) is 9.82 Å². The second-order valence-electron chi connectivity index (χ2n) is 9.56. The van der Waals surface area contributed by atoms with Crippen LogP contribution in [0.25, 0.3) is 11.1 Å². The first-order chi connectivity index (χ1) is 18.6. The standard InChI is InChI=1S/C30H31N3O5S/c1-4-18-33-25(27(30(35)36)28(31-33)20(2)3)19-21-14-16-22(17-15-21)24-12-8-9-13-26(24)39(37,38)32-29(34)23-10-6-5-7-11-23/h5-17,20H,4,18-19H2,1-3H3,(H,32,34)(H,35,36). The molecule has 2 N–H and O–H groups in total. The molecule has 0 atom stereocenters. The number of hydrogen-bond acceptors (Lipinski definition) is 5. The van der Waals surface area contributed by atoms with Gasteiger partial charge in [0.05, 0.1) is 16.3 Å². The summed E-state index contributed by atoms with van der Waals surface area (Å²) in [7, 11) is -4.15. The Kier molecular flexibility index (Phi) is 8.30.